The van der Waals surface area contributed by atoms with Gasteiger partial charge in [0, 0.05) is 31.0 Å². The number of anilines is 2. The van der Waals surface area contributed by atoms with Gasteiger partial charge >= 0.3 is 12.2 Å². The zero-order valence-corrected chi connectivity index (χ0v) is 46.1. The third-order valence-electron chi connectivity index (χ3n) is 12.7. The van der Waals surface area contributed by atoms with Crippen molar-refractivity contribution in [2.24, 2.45) is 0 Å². The predicted molar refractivity (Wildman–Crippen MR) is 276 cm³/mol. The van der Waals surface area contributed by atoms with Gasteiger partial charge in [0.2, 0.25) is 7.59 Å². The normalized spacial score (nSPS) is 20.6. The van der Waals surface area contributed by atoms with Gasteiger partial charge in [-0.15, -0.1) is 0 Å². The largest absolute Gasteiger partial charge is 0.493 e. The summed E-state index contributed by atoms with van der Waals surface area (Å²) in [4.78, 5) is 63.1. The fraction of sp³-hybridized carbons (Fsp3) is 0.500. The van der Waals surface area contributed by atoms with E-state index in [4.69, 9.17) is 102 Å². The standard InChI is InChI=1S/C48H58Cl6N4O11Si/c1-11-14-29-18-33-28(3)57(44(61)67-26-47(49,50)51)34-22-39(37(63-7)20-31(34)41(59)55(33)24-29)65-16-13-17-66-40-23-35-32(21-38(40)64-8)42(60)56-25-30(15-12-2)19-36(56)43(69-70(9,10)46(4,5)6)58(35)45(62)68-27-48(52,53)54/h11-12,14-15,20-25,28,33,36,43H,13,16-19,26-27H2,1-10H3/b14-11+,15-12+/t28-,33-,36+,43-/m0/s1. The molecule has 0 N–H and O–H groups in total. The average Bonchev–Trinajstić information content (AvgIpc) is 3.87. The molecule has 22 heteroatoms. The molecule has 0 saturated carbocycles. The number of amides is 4. The van der Waals surface area contributed by atoms with Gasteiger partial charge in [0.15, 0.2) is 37.5 Å². The Morgan fingerprint density at radius 3 is 1.54 bits per heavy atom. The topological polar surface area (TPSA) is 146 Å². The van der Waals surface area contributed by atoms with Crippen LogP contribution in [0.3, 0.4) is 0 Å². The van der Waals surface area contributed by atoms with Crippen LogP contribution in [0.4, 0.5) is 21.0 Å². The number of nitrogens with zero attached hydrogens (tertiary/aromatic N) is 4. The molecule has 4 atom stereocenters. The smallest absolute Gasteiger partial charge is 0.416 e. The Balaban J connectivity index is 1.31. The Morgan fingerprint density at radius 2 is 1.11 bits per heavy atom. The van der Waals surface area contributed by atoms with Crippen molar-refractivity contribution >= 4 is 113 Å². The second-order valence-corrected chi connectivity index (χ2v) is 28.3. The van der Waals surface area contributed by atoms with Gasteiger partial charge in [-0.05, 0) is 75.0 Å². The van der Waals surface area contributed by atoms with Crippen molar-refractivity contribution in [2.75, 3.05) is 50.4 Å². The first-order chi connectivity index (χ1) is 32.7. The lowest BCUT2D eigenvalue weighted by molar-refractivity contribution is 0.0584. The summed E-state index contributed by atoms with van der Waals surface area (Å²) in [5.41, 5.74) is 2.39. The van der Waals surface area contributed by atoms with E-state index in [2.05, 4.69) is 33.9 Å². The van der Waals surface area contributed by atoms with E-state index in [9.17, 15) is 19.2 Å². The lowest BCUT2D eigenvalue weighted by atomic mass is 10.0. The minimum atomic E-state index is -2.70. The molecule has 4 heterocycles. The molecule has 4 amide bonds. The quantitative estimate of drug-likeness (QED) is 0.101. The Bertz CT molecular complexity index is 2470. The van der Waals surface area contributed by atoms with Gasteiger partial charge in [0.1, 0.15) is 13.2 Å². The predicted octanol–water partition coefficient (Wildman–Crippen LogP) is 12.3. The molecule has 0 unspecified atom stereocenters. The number of hydrogen-bond acceptors (Lipinski definition) is 11. The number of methoxy groups -OCH3 is 2. The van der Waals surface area contributed by atoms with E-state index >= 15 is 0 Å². The Morgan fingerprint density at radius 1 is 0.686 bits per heavy atom. The van der Waals surface area contributed by atoms with E-state index in [1.807, 2.05) is 45.1 Å². The maximum Gasteiger partial charge on any atom is 0.416 e. The first-order valence-electron chi connectivity index (χ1n) is 22.5. The van der Waals surface area contributed by atoms with Crippen LogP contribution in [0.25, 0.3) is 0 Å². The van der Waals surface area contributed by atoms with Crippen molar-refractivity contribution in [3.63, 3.8) is 0 Å². The molecule has 6 rings (SSSR count). The number of halogens is 6. The summed E-state index contributed by atoms with van der Waals surface area (Å²) in [5, 5.41) is -0.305. The van der Waals surface area contributed by atoms with Crippen molar-refractivity contribution in [1.82, 2.24) is 9.80 Å². The molecular weight excluding hydrogens is 1050 g/mol. The molecule has 70 heavy (non-hydrogen) atoms. The summed E-state index contributed by atoms with van der Waals surface area (Å²) in [6.45, 7) is 14.9. The molecule has 0 fully saturated rings. The minimum Gasteiger partial charge on any atom is -0.493 e. The highest BCUT2D eigenvalue weighted by molar-refractivity contribution is 6.74. The van der Waals surface area contributed by atoms with E-state index in [-0.39, 0.29) is 76.1 Å². The minimum absolute atomic E-state index is 0.0463. The zero-order valence-electron chi connectivity index (χ0n) is 40.6. The third kappa shape index (κ3) is 12.2. The number of alkyl halides is 6. The Labute approximate surface area is 440 Å². The van der Waals surface area contributed by atoms with Crippen LogP contribution in [0, 0.1) is 0 Å². The van der Waals surface area contributed by atoms with Crippen LogP contribution < -0.4 is 28.7 Å². The van der Waals surface area contributed by atoms with E-state index in [0.29, 0.717) is 12.8 Å². The number of ether oxygens (including phenoxy) is 6. The van der Waals surface area contributed by atoms with Crippen molar-refractivity contribution in [2.45, 2.75) is 111 Å². The Kier molecular flexibility index (Phi) is 17.4. The number of benzene rings is 2. The van der Waals surface area contributed by atoms with Gasteiger partial charge < -0.3 is 42.6 Å². The fourth-order valence-electron chi connectivity index (χ4n) is 8.33. The molecule has 382 valence electrons. The van der Waals surface area contributed by atoms with Crippen LogP contribution in [-0.4, -0.2) is 115 Å². The van der Waals surface area contributed by atoms with Crippen LogP contribution in [0.2, 0.25) is 18.1 Å². The summed E-state index contributed by atoms with van der Waals surface area (Å²) < 4.78 is 38.5. The van der Waals surface area contributed by atoms with Crippen LogP contribution in [0.5, 0.6) is 23.0 Å². The van der Waals surface area contributed by atoms with Crippen molar-refractivity contribution in [3.05, 3.63) is 83.2 Å². The average molecular weight is 1110 g/mol. The number of rotatable bonds is 14. The van der Waals surface area contributed by atoms with Crippen LogP contribution in [0.1, 0.15) is 81.5 Å². The van der Waals surface area contributed by atoms with Crippen molar-refractivity contribution in [3.8, 4) is 23.0 Å². The Hall–Kier alpha value is -4.00. The lowest BCUT2D eigenvalue weighted by Gasteiger charge is -2.44. The van der Waals surface area contributed by atoms with Crippen molar-refractivity contribution < 1.29 is 52.0 Å². The molecule has 2 aromatic carbocycles. The molecule has 15 nitrogen and oxygen atoms in total. The first-order valence-corrected chi connectivity index (χ1v) is 27.7. The highest BCUT2D eigenvalue weighted by atomic mass is 35.6. The number of hydrogen-bond donors (Lipinski definition) is 0. The molecule has 0 bridgehead atoms. The molecule has 2 aromatic rings. The van der Waals surface area contributed by atoms with E-state index in [0.717, 1.165) is 11.1 Å². The van der Waals surface area contributed by atoms with E-state index < -0.39 is 71.6 Å². The van der Waals surface area contributed by atoms with Crippen LogP contribution in [0.15, 0.2) is 72.1 Å². The van der Waals surface area contributed by atoms with Crippen LogP contribution in [-0.2, 0) is 13.9 Å². The van der Waals surface area contributed by atoms with Gasteiger partial charge in [0.05, 0.1) is 68.1 Å². The first kappa shape index (κ1) is 55.3. The van der Waals surface area contributed by atoms with Gasteiger partial charge in [-0.1, -0.05) is 115 Å². The van der Waals surface area contributed by atoms with Gasteiger partial charge in [0.25, 0.3) is 11.8 Å². The zero-order chi connectivity index (χ0) is 51.7. The number of allylic oxidation sites excluding steroid dienone is 4. The number of carbonyl (C=O) groups is 4. The molecule has 0 aromatic heterocycles. The number of fused-ring (bicyclic) bond motifs is 4. The fourth-order valence-corrected chi connectivity index (χ4v) is 9.88. The van der Waals surface area contributed by atoms with Crippen molar-refractivity contribution in [1.29, 1.82) is 0 Å². The molecule has 0 saturated heterocycles. The molecule has 4 aliphatic rings. The maximum atomic E-state index is 14.7. The number of carbonyl (C=O) groups excluding carboxylic acids is 4. The molecular formula is C48H58Cl6N4O11Si. The lowest BCUT2D eigenvalue weighted by Crippen LogP contribution is -2.58. The SMILES string of the molecule is C/C=C/C1=CN2C(=O)c3cc(OC)c(OCCCOc4cc5c(cc4OC)C(=O)N4C=C(/C=C/C)C[C@H]4[C@H](C)N5C(=O)OCC(Cl)(Cl)Cl)cc3N(C(=O)OCC(Cl)(Cl)Cl)[C@@H](O[Si](C)(C)C(C)(C)C)[C@H]2C1. The van der Waals surface area contributed by atoms with Gasteiger partial charge in [-0.2, -0.15) is 0 Å². The van der Waals surface area contributed by atoms with Gasteiger partial charge in [-0.25, -0.2) is 14.5 Å². The monoisotopic (exact) mass is 1100 g/mol. The summed E-state index contributed by atoms with van der Waals surface area (Å²) >= 11 is 36.1. The molecule has 4 aliphatic heterocycles. The second-order valence-electron chi connectivity index (χ2n) is 18.6. The van der Waals surface area contributed by atoms with E-state index in [1.54, 1.807) is 28.3 Å². The second kappa shape index (κ2) is 22.0. The summed E-state index contributed by atoms with van der Waals surface area (Å²) in [6.07, 6.45) is 9.45. The summed E-state index contributed by atoms with van der Waals surface area (Å²) in [7, 11) is 0.174. The van der Waals surface area contributed by atoms with Crippen LogP contribution >= 0.6 is 69.6 Å². The molecule has 0 spiro atoms. The summed E-state index contributed by atoms with van der Waals surface area (Å²) in [6, 6.07) is 4.41. The molecule has 0 aliphatic carbocycles. The summed E-state index contributed by atoms with van der Waals surface area (Å²) in [5.74, 6) is 0.0859. The maximum absolute atomic E-state index is 14.7. The van der Waals surface area contributed by atoms with E-state index in [1.165, 1.54) is 42.2 Å². The highest BCUT2D eigenvalue weighted by Crippen LogP contribution is 2.47. The van der Waals surface area contributed by atoms with Gasteiger partial charge in [-0.3, -0.25) is 14.5 Å². The third-order valence-corrected chi connectivity index (χ3v) is 17.8. The highest BCUT2D eigenvalue weighted by Gasteiger charge is 2.51. The molecule has 0 radical (unpaired) electrons.